The molecule has 124 valence electrons. The molecule has 0 spiro atoms. The van der Waals surface area contributed by atoms with Crippen molar-refractivity contribution in [3.05, 3.63) is 46.7 Å². The monoisotopic (exact) mass is 342 g/mol. The summed E-state index contributed by atoms with van der Waals surface area (Å²) in [6.45, 7) is 3.88. The summed E-state index contributed by atoms with van der Waals surface area (Å²) in [5.74, 6) is 1.43. The van der Waals surface area contributed by atoms with Crippen molar-refractivity contribution in [1.29, 1.82) is 0 Å². The summed E-state index contributed by atoms with van der Waals surface area (Å²) in [4.78, 5) is 19.6. The summed E-state index contributed by atoms with van der Waals surface area (Å²) >= 11 is 1.52. The predicted molar refractivity (Wildman–Crippen MR) is 92.9 cm³/mol. The maximum absolute atomic E-state index is 11.8. The number of carbonyl (C=O) groups is 1. The van der Waals surface area contributed by atoms with E-state index < -0.39 is 6.09 Å². The van der Waals surface area contributed by atoms with Crippen molar-refractivity contribution >= 4 is 28.1 Å². The Morgan fingerprint density at radius 1 is 1.38 bits per heavy atom. The van der Waals surface area contributed by atoms with E-state index in [-0.39, 0.29) is 6.04 Å². The van der Waals surface area contributed by atoms with Crippen LogP contribution in [0.3, 0.4) is 0 Å². The van der Waals surface area contributed by atoms with Crippen molar-refractivity contribution in [3.63, 3.8) is 0 Å². The zero-order valence-corrected chi connectivity index (χ0v) is 14.3. The molecule has 1 saturated carbocycles. The fraction of sp³-hybridized carbons (Fsp3) is 0.353. The number of hydrogen-bond donors (Lipinski definition) is 1. The third-order valence-electron chi connectivity index (χ3n) is 4.42. The van der Waals surface area contributed by atoms with E-state index in [9.17, 15) is 9.90 Å². The molecule has 0 bridgehead atoms. The van der Waals surface area contributed by atoms with E-state index in [2.05, 4.69) is 10.1 Å². The highest BCUT2D eigenvalue weighted by Crippen LogP contribution is 2.40. The molecule has 0 aliphatic heterocycles. The number of aromatic nitrogens is 3. The Morgan fingerprint density at radius 3 is 2.67 bits per heavy atom. The van der Waals surface area contributed by atoms with Crippen molar-refractivity contribution in [2.45, 2.75) is 38.6 Å². The maximum Gasteiger partial charge on any atom is 0.412 e. The first-order valence-corrected chi connectivity index (χ1v) is 8.81. The van der Waals surface area contributed by atoms with Crippen LogP contribution in [0.15, 0.2) is 30.3 Å². The average molecular weight is 342 g/mol. The van der Waals surface area contributed by atoms with Crippen LogP contribution < -0.4 is 4.90 Å². The van der Waals surface area contributed by atoms with Gasteiger partial charge in [0.1, 0.15) is 0 Å². The van der Waals surface area contributed by atoms with Crippen LogP contribution in [0.1, 0.15) is 48.1 Å². The van der Waals surface area contributed by atoms with Gasteiger partial charge in [-0.2, -0.15) is 5.10 Å². The van der Waals surface area contributed by atoms with E-state index in [0.29, 0.717) is 11.6 Å². The SMILES string of the molecule is Cc1c(C(C)N(C(=O)O)c2ccccc2)sc2nc(C3CC3)nn12. The number of amides is 1. The molecule has 0 saturated heterocycles. The van der Waals surface area contributed by atoms with E-state index in [0.717, 1.165) is 21.4 Å². The van der Waals surface area contributed by atoms with Gasteiger partial charge in [-0.1, -0.05) is 29.5 Å². The molecule has 1 aromatic carbocycles. The van der Waals surface area contributed by atoms with E-state index in [1.54, 1.807) is 0 Å². The molecule has 3 aromatic rings. The molecule has 1 atom stereocenters. The molecule has 6 nitrogen and oxygen atoms in total. The van der Waals surface area contributed by atoms with Crippen LogP contribution in [0.25, 0.3) is 4.96 Å². The van der Waals surface area contributed by atoms with Gasteiger partial charge < -0.3 is 5.11 Å². The highest BCUT2D eigenvalue weighted by Gasteiger charge is 2.31. The molecular weight excluding hydrogens is 324 g/mol. The number of aryl methyl sites for hydroxylation is 1. The van der Waals surface area contributed by atoms with Crippen molar-refractivity contribution in [2.24, 2.45) is 0 Å². The molecule has 7 heteroatoms. The second-order valence-corrected chi connectivity index (χ2v) is 7.16. The lowest BCUT2D eigenvalue weighted by atomic mass is 10.2. The Labute approximate surface area is 143 Å². The van der Waals surface area contributed by atoms with Crippen LogP contribution >= 0.6 is 11.3 Å². The zero-order valence-electron chi connectivity index (χ0n) is 13.5. The van der Waals surface area contributed by atoms with Gasteiger partial charge in [-0.15, -0.1) is 0 Å². The number of nitrogens with zero attached hydrogens (tertiary/aromatic N) is 4. The highest BCUT2D eigenvalue weighted by molar-refractivity contribution is 7.17. The standard InChI is InChI=1S/C17H18N4O2S/c1-10(20(17(22)23)13-6-4-3-5-7-13)14-11(2)21-16(24-14)18-15(19-21)12-8-9-12/h3-7,10,12H,8-9H2,1-2H3,(H,22,23). The minimum absolute atomic E-state index is 0.303. The van der Waals surface area contributed by atoms with Crippen LogP contribution in [0, 0.1) is 6.92 Å². The van der Waals surface area contributed by atoms with Gasteiger partial charge in [-0.25, -0.2) is 14.3 Å². The van der Waals surface area contributed by atoms with Gasteiger partial charge in [-0.3, -0.25) is 4.90 Å². The van der Waals surface area contributed by atoms with Crippen molar-refractivity contribution in [2.75, 3.05) is 4.90 Å². The molecule has 24 heavy (non-hydrogen) atoms. The van der Waals surface area contributed by atoms with Crippen LogP contribution in [0.5, 0.6) is 0 Å². The first-order valence-electron chi connectivity index (χ1n) is 7.99. The number of hydrogen-bond acceptors (Lipinski definition) is 4. The second kappa shape index (κ2) is 5.59. The quantitative estimate of drug-likeness (QED) is 0.770. The molecule has 1 aliphatic carbocycles. The smallest absolute Gasteiger partial charge is 0.412 e. The Hall–Kier alpha value is -2.41. The number of rotatable bonds is 4. The third kappa shape index (κ3) is 2.45. The Balaban J connectivity index is 1.73. The number of para-hydroxylation sites is 1. The molecule has 1 aliphatic rings. The summed E-state index contributed by atoms with van der Waals surface area (Å²) in [5, 5.41) is 14.3. The fourth-order valence-corrected chi connectivity index (χ4v) is 4.09. The van der Waals surface area contributed by atoms with Crippen LogP contribution in [-0.4, -0.2) is 25.8 Å². The Kier molecular flexibility index (Phi) is 3.53. The van der Waals surface area contributed by atoms with E-state index in [4.69, 9.17) is 0 Å². The highest BCUT2D eigenvalue weighted by atomic mass is 32.1. The predicted octanol–water partition coefficient (Wildman–Crippen LogP) is 4.22. The second-order valence-electron chi connectivity index (χ2n) is 6.15. The first kappa shape index (κ1) is 15.1. The van der Waals surface area contributed by atoms with Crippen molar-refractivity contribution in [1.82, 2.24) is 14.6 Å². The van der Waals surface area contributed by atoms with Crippen LogP contribution in [0.2, 0.25) is 0 Å². The summed E-state index contributed by atoms with van der Waals surface area (Å²) in [6, 6.07) is 8.87. The Bertz CT molecular complexity index is 898. The Morgan fingerprint density at radius 2 is 2.08 bits per heavy atom. The molecule has 2 aromatic heterocycles. The molecule has 1 amide bonds. The normalized spacial score (nSPS) is 15.6. The topological polar surface area (TPSA) is 70.7 Å². The van der Waals surface area contributed by atoms with Gasteiger partial charge in [-0.05, 0) is 38.8 Å². The van der Waals surface area contributed by atoms with Crippen LogP contribution in [-0.2, 0) is 0 Å². The first-order chi connectivity index (χ1) is 11.6. The summed E-state index contributed by atoms with van der Waals surface area (Å²) < 4.78 is 1.86. The number of carboxylic acid groups (broad SMARTS) is 1. The third-order valence-corrected chi connectivity index (χ3v) is 5.72. The number of thiazole rings is 1. The van der Waals surface area contributed by atoms with Gasteiger partial charge in [0.2, 0.25) is 4.96 Å². The van der Waals surface area contributed by atoms with Gasteiger partial charge in [0, 0.05) is 11.6 Å². The van der Waals surface area contributed by atoms with Gasteiger partial charge >= 0.3 is 6.09 Å². The summed E-state index contributed by atoms with van der Waals surface area (Å²) in [7, 11) is 0. The maximum atomic E-state index is 11.8. The van der Waals surface area contributed by atoms with Crippen molar-refractivity contribution in [3.8, 4) is 0 Å². The lowest BCUT2D eigenvalue weighted by Crippen LogP contribution is -2.32. The molecule has 1 N–H and O–H groups in total. The molecule has 2 heterocycles. The van der Waals surface area contributed by atoms with E-state index in [1.165, 1.54) is 29.1 Å². The minimum Gasteiger partial charge on any atom is -0.465 e. The summed E-state index contributed by atoms with van der Waals surface area (Å²) in [5.41, 5.74) is 1.62. The van der Waals surface area contributed by atoms with Gasteiger partial charge in [0.15, 0.2) is 5.82 Å². The van der Waals surface area contributed by atoms with Gasteiger partial charge in [0.25, 0.3) is 0 Å². The largest absolute Gasteiger partial charge is 0.465 e. The molecule has 0 radical (unpaired) electrons. The van der Waals surface area contributed by atoms with E-state index >= 15 is 0 Å². The molecule has 1 unspecified atom stereocenters. The average Bonchev–Trinajstić information content (AvgIpc) is 3.25. The van der Waals surface area contributed by atoms with Gasteiger partial charge in [0.05, 0.1) is 16.6 Å². The fourth-order valence-electron chi connectivity index (χ4n) is 2.98. The summed E-state index contributed by atoms with van der Waals surface area (Å²) in [6.07, 6.45) is 1.37. The molecule has 4 rings (SSSR count). The molecule has 1 fully saturated rings. The molecular formula is C17H18N4O2S. The zero-order chi connectivity index (χ0) is 16.8. The number of anilines is 1. The minimum atomic E-state index is -0.967. The lowest BCUT2D eigenvalue weighted by Gasteiger charge is -2.26. The lowest BCUT2D eigenvalue weighted by molar-refractivity contribution is 0.199. The number of benzene rings is 1. The van der Waals surface area contributed by atoms with Crippen molar-refractivity contribution < 1.29 is 9.90 Å². The van der Waals surface area contributed by atoms with E-state index in [1.807, 2.05) is 48.7 Å². The number of fused-ring (bicyclic) bond motifs is 1. The van der Waals surface area contributed by atoms with Crippen LogP contribution in [0.4, 0.5) is 10.5 Å².